The second kappa shape index (κ2) is 6.05. The van der Waals surface area contributed by atoms with Gasteiger partial charge in [-0.15, -0.1) is 0 Å². The van der Waals surface area contributed by atoms with Crippen molar-refractivity contribution in [2.75, 3.05) is 0 Å². The minimum Gasteiger partial charge on any atom is -0.360 e. The lowest BCUT2D eigenvalue weighted by Gasteiger charge is -2.02. The highest BCUT2D eigenvalue weighted by molar-refractivity contribution is 5.95. The summed E-state index contributed by atoms with van der Waals surface area (Å²) >= 11 is 0. The van der Waals surface area contributed by atoms with E-state index >= 15 is 0 Å². The topological polar surface area (TPSA) is 44.5 Å². The van der Waals surface area contributed by atoms with E-state index in [0.717, 1.165) is 39.4 Å². The van der Waals surface area contributed by atoms with Gasteiger partial charge in [0.1, 0.15) is 5.82 Å². The third kappa shape index (κ3) is 2.42. The number of para-hydroxylation sites is 1. The predicted molar refractivity (Wildman–Crippen MR) is 107 cm³/mol. The third-order valence-electron chi connectivity index (χ3n) is 4.66. The van der Waals surface area contributed by atoms with E-state index in [1.807, 2.05) is 36.5 Å². The van der Waals surface area contributed by atoms with Crippen molar-refractivity contribution in [1.29, 1.82) is 0 Å². The fourth-order valence-electron chi connectivity index (χ4n) is 3.39. The lowest BCUT2D eigenvalue weighted by molar-refractivity contribution is 1.31. The van der Waals surface area contributed by atoms with Gasteiger partial charge in [-0.3, -0.25) is 0 Å². The maximum atomic E-state index is 4.97. The molecule has 3 nitrogen and oxygen atoms in total. The highest BCUT2D eigenvalue weighted by Gasteiger charge is 2.16. The van der Waals surface area contributed by atoms with Crippen LogP contribution in [-0.4, -0.2) is 15.0 Å². The normalized spacial score (nSPS) is 11.1. The monoisotopic (exact) mass is 335 g/mol. The zero-order valence-electron chi connectivity index (χ0n) is 14.1. The van der Waals surface area contributed by atoms with Crippen LogP contribution in [-0.2, 0) is 0 Å². The number of hydrogen-bond donors (Lipinski definition) is 2. The summed E-state index contributed by atoms with van der Waals surface area (Å²) in [5, 5.41) is 1.17. The molecule has 0 saturated heterocycles. The number of nitrogens with zero attached hydrogens (tertiary/aromatic N) is 1. The molecular weight excluding hydrogens is 318 g/mol. The number of benzene rings is 3. The molecule has 0 radical (unpaired) electrons. The van der Waals surface area contributed by atoms with Crippen LogP contribution in [0.4, 0.5) is 0 Å². The molecule has 0 spiro atoms. The van der Waals surface area contributed by atoms with Gasteiger partial charge in [0, 0.05) is 33.8 Å². The standard InChI is InChI=1S/C23H17N3/c1-3-9-16(10-4-1)21-22(17-11-5-2-6-12-17)26-23(25-21)19-15-24-20-14-8-7-13-18(19)20/h1-15,24H,(H,25,26). The summed E-state index contributed by atoms with van der Waals surface area (Å²) in [7, 11) is 0. The van der Waals surface area contributed by atoms with E-state index in [2.05, 4.69) is 64.6 Å². The van der Waals surface area contributed by atoms with Gasteiger partial charge in [-0.05, 0) is 6.07 Å². The molecule has 0 amide bonds. The second-order valence-corrected chi connectivity index (χ2v) is 6.29. The first-order chi connectivity index (χ1) is 12.9. The maximum absolute atomic E-state index is 4.97. The Morgan fingerprint density at radius 2 is 1.31 bits per heavy atom. The lowest BCUT2D eigenvalue weighted by Crippen LogP contribution is -1.82. The van der Waals surface area contributed by atoms with E-state index in [1.54, 1.807) is 0 Å². The Hall–Kier alpha value is -3.59. The van der Waals surface area contributed by atoms with Crippen LogP contribution < -0.4 is 0 Å². The predicted octanol–water partition coefficient (Wildman–Crippen LogP) is 5.89. The van der Waals surface area contributed by atoms with Crippen LogP contribution in [0.15, 0.2) is 91.1 Å². The molecule has 5 aromatic rings. The summed E-state index contributed by atoms with van der Waals surface area (Å²) < 4.78 is 0. The first-order valence-electron chi connectivity index (χ1n) is 8.67. The molecule has 3 heteroatoms. The van der Waals surface area contributed by atoms with Crippen molar-refractivity contribution >= 4 is 10.9 Å². The summed E-state index contributed by atoms with van der Waals surface area (Å²) in [4.78, 5) is 11.9. The van der Waals surface area contributed by atoms with Crippen LogP contribution in [0.1, 0.15) is 0 Å². The largest absolute Gasteiger partial charge is 0.360 e. The molecule has 0 atom stereocenters. The highest BCUT2D eigenvalue weighted by Crippen LogP contribution is 2.35. The van der Waals surface area contributed by atoms with E-state index in [0.29, 0.717) is 0 Å². The lowest BCUT2D eigenvalue weighted by atomic mass is 10.1. The van der Waals surface area contributed by atoms with Crippen molar-refractivity contribution in [2.24, 2.45) is 0 Å². The smallest absolute Gasteiger partial charge is 0.140 e. The first-order valence-corrected chi connectivity index (χ1v) is 8.67. The van der Waals surface area contributed by atoms with Gasteiger partial charge < -0.3 is 9.97 Å². The number of hydrogen-bond acceptors (Lipinski definition) is 1. The second-order valence-electron chi connectivity index (χ2n) is 6.29. The molecule has 2 N–H and O–H groups in total. The molecule has 26 heavy (non-hydrogen) atoms. The van der Waals surface area contributed by atoms with Gasteiger partial charge in [0.2, 0.25) is 0 Å². The third-order valence-corrected chi connectivity index (χ3v) is 4.66. The summed E-state index contributed by atoms with van der Waals surface area (Å²) in [5.74, 6) is 0.875. The van der Waals surface area contributed by atoms with Crippen molar-refractivity contribution in [3.8, 4) is 33.9 Å². The van der Waals surface area contributed by atoms with Crippen molar-refractivity contribution in [1.82, 2.24) is 15.0 Å². The van der Waals surface area contributed by atoms with Gasteiger partial charge in [-0.25, -0.2) is 4.98 Å². The number of aromatic nitrogens is 3. The summed E-state index contributed by atoms with van der Waals surface area (Å²) in [6, 6.07) is 29.0. The minimum atomic E-state index is 0.875. The Labute approximate surface area is 151 Å². The van der Waals surface area contributed by atoms with Gasteiger partial charge in [0.05, 0.1) is 11.4 Å². The van der Waals surface area contributed by atoms with Crippen molar-refractivity contribution < 1.29 is 0 Å². The van der Waals surface area contributed by atoms with Crippen LogP contribution in [0.3, 0.4) is 0 Å². The number of imidazole rings is 1. The molecular formula is C23H17N3. The number of nitrogens with one attached hydrogen (secondary N) is 2. The molecule has 0 aliphatic rings. The SMILES string of the molecule is c1ccc(-c2nc(-c3c[nH]c4ccccc34)[nH]c2-c2ccccc2)cc1. The fourth-order valence-corrected chi connectivity index (χ4v) is 3.39. The first kappa shape index (κ1) is 14.7. The van der Waals surface area contributed by atoms with E-state index < -0.39 is 0 Å². The van der Waals surface area contributed by atoms with Crippen LogP contribution >= 0.6 is 0 Å². The molecule has 0 aliphatic carbocycles. The van der Waals surface area contributed by atoms with Crippen LogP contribution in [0.5, 0.6) is 0 Å². The van der Waals surface area contributed by atoms with Gasteiger partial charge >= 0.3 is 0 Å². The summed E-state index contributed by atoms with van der Waals surface area (Å²) in [6.45, 7) is 0. The van der Waals surface area contributed by atoms with Crippen molar-refractivity contribution in [2.45, 2.75) is 0 Å². The molecule has 0 aliphatic heterocycles. The molecule has 2 aromatic heterocycles. The molecule has 3 aromatic carbocycles. The number of fused-ring (bicyclic) bond motifs is 1. The molecule has 0 bridgehead atoms. The Morgan fingerprint density at radius 1 is 0.654 bits per heavy atom. The van der Waals surface area contributed by atoms with Gasteiger partial charge in [-0.2, -0.15) is 0 Å². The number of aromatic amines is 2. The van der Waals surface area contributed by atoms with Gasteiger partial charge in [0.25, 0.3) is 0 Å². The zero-order valence-corrected chi connectivity index (χ0v) is 14.1. The van der Waals surface area contributed by atoms with Gasteiger partial charge in [0.15, 0.2) is 0 Å². The van der Waals surface area contributed by atoms with Crippen LogP contribution in [0.25, 0.3) is 44.8 Å². The summed E-state index contributed by atoms with van der Waals surface area (Å²) in [5.41, 5.74) is 6.44. The summed E-state index contributed by atoms with van der Waals surface area (Å²) in [6.07, 6.45) is 2.02. The Bertz CT molecular complexity index is 1110. The van der Waals surface area contributed by atoms with Crippen LogP contribution in [0, 0.1) is 0 Å². The molecule has 124 valence electrons. The Kier molecular flexibility index (Phi) is 3.42. The minimum absolute atomic E-state index is 0.875. The fraction of sp³-hybridized carbons (Fsp3) is 0. The van der Waals surface area contributed by atoms with E-state index in [4.69, 9.17) is 4.98 Å². The van der Waals surface area contributed by atoms with E-state index in [-0.39, 0.29) is 0 Å². The Balaban J connectivity index is 1.75. The highest BCUT2D eigenvalue weighted by atomic mass is 14.9. The van der Waals surface area contributed by atoms with Crippen LogP contribution in [0.2, 0.25) is 0 Å². The number of H-pyrrole nitrogens is 2. The zero-order chi connectivity index (χ0) is 17.3. The Morgan fingerprint density at radius 3 is 2.08 bits per heavy atom. The van der Waals surface area contributed by atoms with E-state index in [9.17, 15) is 0 Å². The average Bonchev–Trinajstić information content (AvgIpc) is 3.34. The number of rotatable bonds is 3. The molecule has 2 heterocycles. The van der Waals surface area contributed by atoms with Crippen molar-refractivity contribution in [3.63, 3.8) is 0 Å². The molecule has 5 rings (SSSR count). The quantitative estimate of drug-likeness (QED) is 0.424. The molecule has 0 unspecified atom stereocenters. The molecule has 0 saturated carbocycles. The maximum Gasteiger partial charge on any atom is 0.140 e. The van der Waals surface area contributed by atoms with Gasteiger partial charge in [-0.1, -0.05) is 78.9 Å². The van der Waals surface area contributed by atoms with E-state index in [1.165, 1.54) is 5.39 Å². The van der Waals surface area contributed by atoms with Crippen molar-refractivity contribution in [3.05, 3.63) is 91.1 Å². The molecule has 0 fully saturated rings. The average molecular weight is 335 g/mol.